The van der Waals surface area contributed by atoms with E-state index in [1.54, 1.807) is 24.3 Å². The van der Waals surface area contributed by atoms with Crippen LogP contribution in [0.15, 0.2) is 103 Å². The molecule has 4 atom stereocenters. The summed E-state index contributed by atoms with van der Waals surface area (Å²) in [5.41, 5.74) is 3.10. The molecule has 7 rings (SSSR count). The first-order chi connectivity index (χ1) is 19.8. The molecule has 1 fully saturated rings. The molecule has 3 aliphatic rings. The molecule has 1 amide bonds. The van der Waals surface area contributed by atoms with Crippen molar-refractivity contribution in [2.45, 2.75) is 24.4 Å². The first kappa shape index (κ1) is 25.4. The quantitative estimate of drug-likeness (QED) is 0.280. The van der Waals surface area contributed by atoms with Crippen molar-refractivity contribution in [2.24, 2.45) is 5.92 Å². The molecule has 0 aliphatic carbocycles. The topological polar surface area (TPSA) is 66.5 Å². The zero-order valence-electron chi connectivity index (χ0n) is 22.0. The number of carbonyl (C=O) groups excluding carboxylic acids is 3. The van der Waals surface area contributed by atoms with Crippen LogP contribution in [0.4, 0.5) is 15.8 Å². The first-order valence-electron chi connectivity index (χ1n) is 13.4. The third-order valence-electron chi connectivity index (χ3n) is 8.69. The second-order valence-electron chi connectivity index (χ2n) is 10.8. The Morgan fingerprint density at radius 1 is 0.854 bits per heavy atom. The summed E-state index contributed by atoms with van der Waals surface area (Å²) in [5.74, 6) is -2.65. The lowest BCUT2D eigenvalue weighted by Crippen LogP contribution is -2.51. The molecule has 3 aliphatic heterocycles. The molecular weight excluding hydrogens is 539 g/mol. The summed E-state index contributed by atoms with van der Waals surface area (Å²) >= 11 is 6.15. The van der Waals surface area contributed by atoms with Crippen LogP contribution in [0.1, 0.15) is 38.8 Å². The standard InChI is InChI=1S/C34H24ClFN2O3/c1-19-18-28-34(25-7-3-4-8-26(25)37-33(34)41)29(31(39)20-12-16-23(36)17-13-20)30(32(40)21-10-14-22(35)15-11-21)38(28)27-9-5-2-6-24(19)27/h2-18,28-30H,1H3,(H,37,41)/t28-,29+,30-,34-/m1/s1. The number of halogens is 2. The molecule has 41 heavy (non-hydrogen) atoms. The number of nitrogens with one attached hydrogen (secondary N) is 1. The van der Waals surface area contributed by atoms with E-state index in [1.807, 2.05) is 66.4 Å². The van der Waals surface area contributed by atoms with Crippen LogP contribution in [0, 0.1) is 11.7 Å². The fourth-order valence-electron chi connectivity index (χ4n) is 6.97. The van der Waals surface area contributed by atoms with Gasteiger partial charge in [-0.25, -0.2) is 4.39 Å². The van der Waals surface area contributed by atoms with E-state index in [0.717, 1.165) is 16.8 Å². The number of rotatable bonds is 4. The molecule has 0 bridgehead atoms. The molecule has 1 saturated heterocycles. The van der Waals surface area contributed by atoms with Crippen LogP contribution in [-0.4, -0.2) is 29.6 Å². The number of Topliss-reactive ketones (excluding diaryl/α,β-unsaturated/α-hetero) is 2. The number of benzene rings is 4. The van der Waals surface area contributed by atoms with Crippen LogP contribution in [0.2, 0.25) is 5.02 Å². The van der Waals surface area contributed by atoms with Crippen molar-refractivity contribution in [3.63, 3.8) is 0 Å². The number of fused-ring (bicyclic) bond motifs is 6. The van der Waals surface area contributed by atoms with Gasteiger partial charge in [-0.15, -0.1) is 0 Å². The fraction of sp³-hybridized carbons (Fsp3) is 0.147. The highest BCUT2D eigenvalue weighted by molar-refractivity contribution is 6.30. The molecule has 5 nitrogen and oxygen atoms in total. The van der Waals surface area contributed by atoms with Crippen LogP contribution in [0.3, 0.4) is 0 Å². The largest absolute Gasteiger partial charge is 0.352 e. The third-order valence-corrected chi connectivity index (χ3v) is 8.94. The van der Waals surface area contributed by atoms with E-state index in [1.165, 1.54) is 24.3 Å². The second-order valence-corrected chi connectivity index (χ2v) is 11.2. The van der Waals surface area contributed by atoms with Gasteiger partial charge in [-0.1, -0.05) is 54.1 Å². The molecular formula is C34H24ClFN2O3. The van der Waals surface area contributed by atoms with Gasteiger partial charge in [0.1, 0.15) is 17.3 Å². The summed E-state index contributed by atoms with van der Waals surface area (Å²) < 4.78 is 13.9. The molecule has 7 heteroatoms. The molecule has 0 saturated carbocycles. The minimum absolute atomic E-state index is 0.232. The van der Waals surface area contributed by atoms with E-state index in [4.69, 9.17) is 11.6 Å². The van der Waals surface area contributed by atoms with Crippen molar-refractivity contribution in [3.8, 4) is 0 Å². The third kappa shape index (κ3) is 3.57. The van der Waals surface area contributed by atoms with Crippen LogP contribution < -0.4 is 10.2 Å². The highest BCUT2D eigenvalue weighted by Crippen LogP contribution is 2.58. The maximum Gasteiger partial charge on any atom is 0.238 e. The number of hydrogen-bond donors (Lipinski definition) is 1. The first-order valence-corrected chi connectivity index (χ1v) is 13.8. The van der Waals surface area contributed by atoms with Gasteiger partial charge in [0.25, 0.3) is 0 Å². The average molecular weight is 563 g/mol. The number of ketones is 2. The van der Waals surface area contributed by atoms with Crippen LogP contribution in [-0.2, 0) is 10.2 Å². The van der Waals surface area contributed by atoms with Gasteiger partial charge >= 0.3 is 0 Å². The number of anilines is 2. The highest BCUT2D eigenvalue weighted by atomic mass is 35.5. The van der Waals surface area contributed by atoms with Crippen molar-refractivity contribution in [1.82, 2.24) is 0 Å². The Bertz CT molecular complexity index is 1780. The molecule has 4 aromatic carbocycles. The van der Waals surface area contributed by atoms with Crippen LogP contribution >= 0.6 is 11.6 Å². The van der Waals surface area contributed by atoms with Gasteiger partial charge in [0, 0.05) is 33.1 Å². The van der Waals surface area contributed by atoms with E-state index < -0.39 is 35.0 Å². The van der Waals surface area contributed by atoms with Crippen molar-refractivity contribution >= 4 is 46.0 Å². The number of nitrogens with zero attached hydrogens (tertiary/aromatic N) is 1. The molecule has 202 valence electrons. The van der Waals surface area contributed by atoms with E-state index in [0.29, 0.717) is 21.8 Å². The minimum atomic E-state index is -1.43. The fourth-order valence-corrected chi connectivity index (χ4v) is 7.09. The van der Waals surface area contributed by atoms with Gasteiger partial charge in [-0.05, 0) is 78.7 Å². The van der Waals surface area contributed by atoms with Gasteiger partial charge < -0.3 is 10.2 Å². The molecule has 1 spiro atoms. The highest BCUT2D eigenvalue weighted by Gasteiger charge is 2.70. The zero-order valence-corrected chi connectivity index (χ0v) is 22.7. The van der Waals surface area contributed by atoms with Crippen molar-refractivity contribution in [3.05, 3.63) is 136 Å². The number of allylic oxidation sites excluding steroid dienone is 1. The molecule has 0 aromatic heterocycles. The van der Waals surface area contributed by atoms with Gasteiger partial charge in [0.15, 0.2) is 11.6 Å². The maximum absolute atomic E-state index is 14.7. The summed E-state index contributed by atoms with van der Waals surface area (Å²) in [6, 6.07) is 25.2. The monoisotopic (exact) mass is 562 g/mol. The summed E-state index contributed by atoms with van der Waals surface area (Å²) in [6.45, 7) is 1.98. The Balaban J connectivity index is 1.55. The average Bonchev–Trinajstić information content (AvgIpc) is 3.45. The SMILES string of the molecule is CC1=C[C@H]2N(c3ccccc31)[C@@H](C(=O)c1ccc(Cl)cc1)[C@@H](C(=O)c1ccc(F)cc1)[C@]21C(=O)Nc2ccccc21. The second kappa shape index (κ2) is 9.25. The molecule has 0 unspecified atom stereocenters. The van der Waals surface area contributed by atoms with Gasteiger partial charge in [-0.3, -0.25) is 14.4 Å². The zero-order chi connectivity index (χ0) is 28.5. The van der Waals surface area contributed by atoms with E-state index in [9.17, 15) is 18.8 Å². The number of para-hydroxylation sites is 2. The van der Waals surface area contributed by atoms with Crippen molar-refractivity contribution in [1.29, 1.82) is 0 Å². The molecule has 0 radical (unpaired) electrons. The Kier molecular flexibility index (Phi) is 5.73. The van der Waals surface area contributed by atoms with Crippen LogP contribution in [0.25, 0.3) is 5.57 Å². The Morgan fingerprint density at radius 3 is 2.24 bits per heavy atom. The Labute approximate surface area is 241 Å². The van der Waals surface area contributed by atoms with Crippen molar-refractivity contribution in [2.75, 3.05) is 10.2 Å². The number of amides is 1. The maximum atomic E-state index is 14.7. The Hall–Kier alpha value is -4.55. The van der Waals surface area contributed by atoms with E-state index in [2.05, 4.69) is 5.32 Å². The normalized spacial score (nSPS) is 23.9. The minimum Gasteiger partial charge on any atom is -0.352 e. The summed E-state index contributed by atoms with van der Waals surface area (Å²) in [5, 5.41) is 3.50. The lowest BCUT2D eigenvalue weighted by molar-refractivity contribution is -0.121. The van der Waals surface area contributed by atoms with Gasteiger partial charge in [0.05, 0.1) is 12.0 Å². The van der Waals surface area contributed by atoms with Gasteiger partial charge in [-0.2, -0.15) is 0 Å². The summed E-state index contributed by atoms with van der Waals surface area (Å²) in [4.78, 5) is 45.6. The lowest BCUT2D eigenvalue weighted by atomic mass is 9.64. The predicted octanol–water partition coefficient (Wildman–Crippen LogP) is 6.73. The number of hydrogen-bond acceptors (Lipinski definition) is 4. The van der Waals surface area contributed by atoms with E-state index >= 15 is 0 Å². The van der Waals surface area contributed by atoms with Gasteiger partial charge in [0.2, 0.25) is 5.91 Å². The molecule has 4 aromatic rings. The molecule has 1 N–H and O–H groups in total. The summed E-state index contributed by atoms with van der Waals surface area (Å²) in [7, 11) is 0. The van der Waals surface area contributed by atoms with E-state index in [-0.39, 0.29) is 17.3 Å². The lowest BCUT2D eigenvalue weighted by Gasteiger charge is -2.39. The van der Waals surface area contributed by atoms with Crippen LogP contribution in [0.5, 0.6) is 0 Å². The molecule has 3 heterocycles. The summed E-state index contributed by atoms with van der Waals surface area (Å²) in [6.07, 6.45) is 2.00. The Morgan fingerprint density at radius 2 is 1.49 bits per heavy atom. The van der Waals surface area contributed by atoms with Crippen molar-refractivity contribution < 1.29 is 18.8 Å². The predicted molar refractivity (Wildman–Crippen MR) is 157 cm³/mol. The smallest absolute Gasteiger partial charge is 0.238 e. The number of carbonyl (C=O) groups is 3.